The molecule has 0 aromatic heterocycles. The maximum Gasteiger partial charge on any atom is 0.226 e. The second kappa shape index (κ2) is 5.67. The van der Waals surface area contributed by atoms with Crippen molar-refractivity contribution in [2.24, 2.45) is 5.92 Å². The van der Waals surface area contributed by atoms with Crippen LogP contribution in [0.3, 0.4) is 0 Å². The van der Waals surface area contributed by atoms with Crippen molar-refractivity contribution in [3.8, 4) is 0 Å². The molecule has 3 nitrogen and oxygen atoms in total. The number of hydrogen-bond donors (Lipinski definition) is 1. The molecule has 1 amide bonds. The average Bonchev–Trinajstić information content (AvgIpc) is 2.85. The lowest BCUT2D eigenvalue weighted by molar-refractivity contribution is -0.138. The lowest BCUT2D eigenvalue weighted by atomic mass is 9.88. The van der Waals surface area contributed by atoms with Crippen molar-refractivity contribution >= 4 is 5.91 Å². The summed E-state index contributed by atoms with van der Waals surface area (Å²) in [5, 5.41) is 3.42. The van der Waals surface area contributed by atoms with Crippen molar-refractivity contribution < 1.29 is 4.79 Å². The van der Waals surface area contributed by atoms with Gasteiger partial charge >= 0.3 is 0 Å². The number of hydrogen-bond acceptors (Lipinski definition) is 2. The van der Waals surface area contributed by atoms with E-state index in [1.54, 1.807) is 0 Å². The Labute approximate surface area is 98.6 Å². The molecule has 1 saturated carbocycles. The number of amides is 1. The first-order valence-corrected chi connectivity index (χ1v) is 6.68. The molecule has 2 rings (SSSR count). The first-order chi connectivity index (χ1) is 7.83. The molecule has 91 valence electrons. The van der Waals surface area contributed by atoms with E-state index in [2.05, 4.69) is 23.6 Å². The highest BCUT2D eigenvalue weighted by atomic mass is 16.2. The summed E-state index contributed by atoms with van der Waals surface area (Å²) in [5.41, 5.74) is 0. The van der Waals surface area contributed by atoms with Crippen LogP contribution < -0.4 is 5.32 Å². The minimum Gasteiger partial charge on any atom is -0.327 e. The van der Waals surface area contributed by atoms with Gasteiger partial charge in [-0.25, -0.2) is 0 Å². The van der Waals surface area contributed by atoms with Gasteiger partial charge in [-0.3, -0.25) is 10.1 Å². The van der Waals surface area contributed by atoms with Crippen molar-refractivity contribution in [1.82, 2.24) is 10.2 Å². The summed E-state index contributed by atoms with van der Waals surface area (Å²) < 4.78 is 0. The van der Waals surface area contributed by atoms with Gasteiger partial charge in [-0.05, 0) is 45.6 Å². The fourth-order valence-corrected chi connectivity index (χ4v) is 2.87. The average molecular weight is 223 g/mol. The Morgan fingerprint density at radius 1 is 1.44 bits per heavy atom. The minimum absolute atomic E-state index is 0.260. The Kier molecular flexibility index (Phi) is 4.22. The number of carbonyl (C=O) groups is 1. The van der Waals surface area contributed by atoms with E-state index in [-0.39, 0.29) is 5.92 Å². The lowest BCUT2D eigenvalue weighted by Crippen LogP contribution is -2.48. The summed E-state index contributed by atoms with van der Waals surface area (Å²) in [6, 6.07) is 0. The number of carbonyl (C=O) groups excluding carboxylic acids is 1. The molecule has 2 unspecified atom stereocenters. The van der Waals surface area contributed by atoms with Gasteiger partial charge in [0.15, 0.2) is 0 Å². The minimum atomic E-state index is 0.260. The van der Waals surface area contributed by atoms with Gasteiger partial charge in [-0.15, -0.1) is 0 Å². The molecule has 0 aromatic rings. The van der Waals surface area contributed by atoms with E-state index >= 15 is 0 Å². The highest BCUT2D eigenvalue weighted by Gasteiger charge is 2.30. The monoisotopic (exact) mass is 223 g/mol. The molecule has 2 fully saturated rings. The first-order valence-electron chi connectivity index (χ1n) is 6.68. The third-order valence-electron chi connectivity index (χ3n) is 3.80. The van der Waals surface area contributed by atoms with Crippen LogP contribution in [-0.2, 0) is 4.79 Å². The predicted molar refractivity (Wildman–Crippen MR) is 64.7 cm³/mol. The van der Waals surface area contributed by atoms with E-state index in [1.165, 1.54) is 19.3 Å². The molecule has 2 aliphatic rings. The SMILES string of the molecule is CCN(C(=O)C1C[CH]CCC1)C1CCCN1. The second-order valence-electron chi connectivity index (χ2n) is 4.89. The van der Waals surface area contributed by atoms with Crippen LogP contribution in [0.4, 0.5) is 0 Å². The fraction of sp³-hybridized carbons (Fsp3) is 0.846. The van der Waals surface area contributed by atoms with Crippen LogP contribution in [0.5, 0.6) is 0 Å². The maximum atomic E-state index is 12.4. The van der Waals surface area contributed by atoms with Crippen molar-refractivity contribution in [3.05, 3.63) is 6.42 Å². The highest BCUT2D eigenvalue weighted by molar-refractivity contribution is 5.79. The smallest absolute Gasteiger partial charge is 0.226 e. The Morgan fingerprint density at radius 3 is 2.88 bits per heavy atom. The second-order valence-corrected chi connectivity index (χ2v) is 4.89. The van der Waals surface area contributed by atoms with Gasteiger partial charge in [0.05, 0.1) is 6.17 Å². The zero-order valence-corrected chi connectivity index (χ0v) is 10.2. The normalized spacial score (nSPS) is 26.9. The molecule has 0 spiro atoms. The molecule has 0 aromatic carbocycles. The van der Waals surface area contributed by atoms with E-state index in [0.717, 1.165) is 32.4 Å². The van der Waals surface area contributed by atoms with Crippen LogP contribution in [0.1, 0.15) is 45.4 Å². The topological polar surface area (TPSA) is 32.3 Å². The van der Waals surface area contributed by atoms with Crippen LogP contribution in [0.2, 0.25) is 0 Å². The third-order valence-corrected chi connectivity index (χ3v) is 3.80. The molecule has 1 aliphatic heterocycles. The summed E-state index contributed by atoms with van der Waals surface area (Å²) in [6.45, 7) is 3.99. The van der Waals surface area contributed by atoms with E-state index in [0.29, 0.717) is 12.1 Å². The van der Waals surface area contributed by atoms with Crippen molar-refractivity contribution in [1.29, 1.82) is 0 Å². The Hall–Kier alpha value is -0.570. The molecule has 3 heteroatoms. The number of nitrogens with zero attached hydrogens (tertiary/aromatic N) is 1. The third kappa shape index (κ3) is 2.57. The molecule has 1 radical (unpaired) electrons. The molecule has 0 bridgehead atoms. The first kappa shape index (κ1) is 11.9. The molecular weight excluding hydrogens is 200 g/mol. The molecule has 1 N–H and O–H groups in total. The Morgan fingerprint density at radius 2 is 2.31 bits per heavy atom. The Bertz CT molecular complexity index is 230. The maximum absolute atomic E-state index is 12.4. The van der Waals surface area contributed by atoms with Gasteiger partial charge in [-0.1, -0.05) is 12.8 Å². The zero-order chi connectivity index (χ0) is 11.4. The molecule has 16 heavy (non-hydrogen) atoms. The van der Waals surface area contributed by atoms with E-state index in [4.69, 9.17) is 0 Å². The van der Waals surface area contributed by atoms with E-state index in [9.17, 15) is 4.79 Å². The van der Waals surface area contributed by atoms with Gasteiger partial charge in [0.2, 0.25) is 5.91 Å². The fourth-order valence-electron chi connectivity index (χ4n) is 2.87. The summed E-state index contributed by atoms with van der Waals surface area (Å²) in [5.74, 6) is 0.633. The Balaban J connectivity index is 1.93. The molecule has 1 heterocycles. The van der Waals surface area contributed by atoms with Gasteiger partial charge in [0.1, 0.15) is 0 Å². The van der Waals surface area contributed by atoms with Crippen LogP contribution in [0.15, 0.2) is 0 Å². The number of rotatable bonds is 3. The van der Waals surface area contributed by atoms with E-state index in [1.807, 2.05) is 0 Å². The summed E-state index contributed by atoms with van der Waals surface area (Å²) in [6.07, 6.45) is 9.35. The highest BCUT2D eigenvalue weighted by Crippen LogP contribution is 2.26. The van der Waals surface area contributed by atoms with E-state index < -0.39 is 0 Å². The van der Waals surface area contributed by atoms with Crippen LogP contribution in [0.25, 0.3) is 0 Å². The zero-order valence-electron chi connectivity index (χ0n) is 10.2. The van der Waals surface area contributed by atoms with Gasteiger partial charge in [0, 0.05) is 12.5 Å². The van der Waals surface area contributed by atoms with Crippen LogP contribution in [0, 0.1) is 12.3 Å². The summed E-state index contributed by atoms with van der Waals surface area (Å²) >= 11 is 0. The quantitative estimate of drug-likeness (QED) is 0.793. The van der Waals surface area contributed by atoms with Crippen molar-refractivity contribution in [2.45, 2.75) is 51.6 Å². The predicted octanol–water partition coefficient (Wildman–Crippen LogP) is 1.94. The largest absolute Gasteiger partial charge is 0.327 e. The standard InChI is InChI=1S/C13H23N2O/c1-2-15(12-9-6-10-14-12)13(16)11-7-4-3-5-8-11/h4,11-12,14H,2-3,5-10H2,1H3. The van der Waals surface area contributed by atoms with Crippen molar-refractivity contribution in [3.63, 3.8) is 0 Å². The summed E-state index contributed by atoms with van der Waals surface area (Å²) in [7, 11) is 0. The van der Waals surface area contributed by atoms with Crippen LogP contribution >= 0.6 is 0 Å². The lowest BCUT2D eigenvalue weighted by Gasteiger charge is -2.32. The summed E-state index contributed by atoms with van der Waals surface area (Å²) in [4.78, 5) is 14.4. The van der Waals surface area contributed by atoms with Gasteiger partial charge in [0.25, 0.3) is 0 Å². The van der Waals surface area contributed by atoms with Gasteiger partial charge < -0.3 is 4.90 Å². The molecule has 2 atom stereocenters. The number of nitrogens with one attached hydrogen (secondary N) is 1. The molecule has 1 saturated heterocycles. The molecule has 1 aliphatic carbocycles. The van der Waals surface area contributed by atoms with Gasteiger partial charge in [-0.2, -0.15) is 0 Å². The van der Waals surface area contributed by atoms with Crippen LogP contribution in [-0.4, -0.2) is 30.1 Å². The molecular formula is C13H23N2O. The van der Waals surface area contributed by atoms with Crippen molar-refractivity contribution in [2.75, 3.05) is 13.1 Å².